The topological polar surface area (TPSA) is 97.8 Å². The molecule has 0 aliphatic carbocycles. The highest BCUT2D eigenvalue weighted by molar-refractivity contribution is 5.95. The highest BCUT2D eigenvalue weighted by atomic mass is 16.5. The Morgan fingerprint density at radius 1 is 1.05 bits per heavy atom. The quantitative estimate of drug-likeness (QED) is 0.502. The van der Waals surface area contributed by atoms with Crippen molar-refractivity contribution in [3.05, 3.63) is 54.0 Å². The van der Waals surface area contributed by atoms with E-state index in [1.165, 1.54) is 6.33 Å². The second-order valence-corrected chi connectivity index (χ2v) is 9.73. The van der Waals surface area contributed by atoms with Crippen molar-refractivity contribution >= 4 is 28.2 Å². The molecule has 2 saturated heterocycles. The summed E-state index contributed by atoms with van der Waals surface area (Å²) >= 11 is 0. The minimum absolute atomic E-state index is 0.0505. The largest absolute Gasteiger partial charge is 0.497 e. The molecule has 1 aromatic heterocycles. The molecule has 0 spiro atoms. The lowest BCUT2D eigenvalue weighted by molar-refractivity contribution is -0.0533. The van der Waals surface area contributed by atoms with Crippen molar-refractivity contribution in [2.75, 3.05) is 45.8 Å². The number of carbonyl (C=O) groups excluding carboxylic acids is 1. The van der Waals surface area contributed by atoms with Crippen LogP contribution in [0.3, 0.4) is 0 Å². The third-order valence-electron chi connectivity index (χ3n) is 7.44. The maximum absolute atomic E-state index is 13.4. The van der Waals surface area contributed by atoms with E-state index in [0.717, 1.165) is 53.6 Å². The van der Waals surface area contributed by atoms with Crippen LogP contribution in [0.15, 0.2) is 42.7 Å². The zero-order chi connectivity index (χ0) is 25.8. The molecule has 1 amide bonds. The molecule has 0 radical (unpaired) electrons. The molecular weight excluding hydrogens is 470 g/mol. The van der Waals surface area contributed by atoms with Crippen LogP contribution in [0.2, 0.25) is 0 Å². The lowest BCUT2D eigenvalue weighted by Crippen LogP contribution is -2.54. The summed E-state index contributed by atoms with van der Waals surface area (Å²) in [6, 6.07) is 12.7. The molecule has 3 aromatic rings. The van der Waals surface area contributed by atoms with Gasteiger partial charge in [-0.15, -0.1) is 0 Å². The van der Waals surface area contributed by atoms with Gasteiger partial charge >= 0.3 is 0 Å². The molecule has 2 atom stereocenters. The van der Waals surface area contributed by atoms with E-state index in [9.17, 15) is 4.79 Å². The van der Waals surface area contributed by atoms with E-state index in [2.05, 4.69) is 20.6 Å². The summed E-state index contributed by atoms with van der Waals surface area (Å²) in [5, 5.41) is 9.28. The Kier molecular flexibility index (Phi) is 7.83. The number of ether oxygens (including phenoxy) is 3. The zero-order valence-electron chi connectivity index (χ0n) is 21.7. The van der Waals surface area contributed by atoms with Crippen LogP contribution in [0.25, 0.3) is 10.8 Å². The molecule has 9 nitrogen and oxygen atoms in total. The van der Waals surface area contributed by atoms with E-state index in [1.807, 2.05) is 48.2 Å². The lowest BCUT2D eigenvalue weighted by atomic mass is 9.99. The summed E-state index contributed by atoms with van der Waals surface area (Å²) in [6.07, 6.45) is 4.27. The van der Waals surface area contributed by atoms with Gasteiger partial charge in [-0.3, -0.25) is 4.79 Å². The molecule has 0 unspecified atom stereocenters. The molecule has 3 heterocycles. The van der Waals surface area contributed by atoms with Crippen LogP contribution in [0.5, 0.6) is 5.75 Å². The number of nitrogens with zero attached hydrogens (tertiary/aromatic N) is 3. The normalized spacial score (nSPS) is 20.7. The van der Waals surface area contributed by atoms with Crippen molar-refractivity contribution in [3.63, 3.8) is 0 Å². The average molecular weight is 506 g/mol. The van der Waals surface area contributed by atoms with Gasteiger partial charge in [-0.05, 0) is 61.2 Å². The van der Waals surface area contributed by atoms with Gasteiger partial charge in [0.25, 0.3) is 5.91 Å². The summed E-state index contributed by atoms with van der Waals surface area (Å²) < 4.78 is 16.5. The van der Waals surface area contributed by atoms with E-state index < -0.39 is 0 Å². The van der Waals surface area contributed by atoms with Crippen molar-refractivity contribution in [3.8, 4) is 5.75 Å². The number of hydrogen-bond donors (Lipinski definition) is 2. The maximum atomic E-state index is 13.4. The predicted molar refractivity (Wildman–Crippen MR) is 143 cm³/mol. The second-order valence-electron chi connectivity index (χ2n) is 9.73. The van der Waals surface area contributed by atoms with Gasteiger partial charge in [-0.25, -0.2) is 9.97 Å². The van der Waals surface area contributed by atoms with E-state index in [4.69, 9.17) is 14.2 Å². The smallest absolute Gasteiger partial charge is 0.272 e. The number of anilines is 2. The Labute approximate surface area is 217 Å². The van der Waals surface area contributed by atoms with Crippen molar-refractivity contribution in [2.24, 2.45) is 0 Å². The monoisotopic (exact) mass is 505 g/mol. The molecule has 0 bridgehead atoms. The second kappa shape index (κ2) is 11.4. The first-order valence-electron chi connectivity index (χ1n) is 12.9. The fourth-order valence-electron chi connectivity index (χ4n) is 5.19. The molecular formula is C28H35N5O4. The third kappa shape index (κ3) is 5.69. The number of carbonyl (C=O) groups is 1. The Hall–Kier alpha value is -3.27. The fourth-order valence-corrected chi connectivity index (χ4v) is 5.19. The number of amides is 1. The number of fused-ring (bicyclic) bond motifs is 1. The first kappa shape index (κ1) is 25.4. The highest BCUT2D eigenvalue weighted by Crippen LogP contribution is 2.27. The predicted octanol–water partition coefficient (Wildman–Crippen LogP) is 3.69. The Bertz CT molecular complexity index is 1240. The molecule has 0 saturated carbocycles. The summed E-state index contributed by atoms with van der Waals surface area (Å²) in [5.74, 6) is 1.38. The third-order valence-corrected chi connectivity index (χ3v) is 7.44. The molecule has 2 aliphatic rings. The van der Waals surface area contributed by atoms with Gasteiger partial charge in [0.1, 0.15) is 23.6 Å². The van der Waals surface area contributed by atoms with Gasteiger partial charge < -0.3 is 29.7 Å². The molecule has 2 aromatic carbocycles. The van der Waals surface area contributed by atoms with Gasteiger partial charge in [-0.1, -0.05) is 12.1 Å². The summed E-state index contributed by atoms with van der Waals surface area (Å²) in [5.41, 5.74) is 2.06. The number of hydrogen-bond acceptors (Lipinski definition) is 8. The molecule has 9 heteroatoms. The van der Waals surface area contributed by atoms with Gasteiger partial charge in [-0.2, -0.15) is 0 Å². The van der Waals surface area contributed by atoms with E-state index in [-0.39, 0.29) is 12.0 Å². The van der Waals surface area contributed by atoms with Crippen LogP contribution in [-0.2, 0) is 9.47 Å². The van der Waals surface area contributed by atoms with Crippen molar-refractivity contribution < 1.29 is 19.0 Å². The minimum Gasteiger partial charge on any atom is -0.497 e. The van der Waals surface area contributed by atoms with Crippen LogP contribution in [0.1, 0.15) is 35.3 Å². The Morgan fingerprint density at radius 2 is 1.86 bits per heavy atom. The van der Waals surface area contributed by atoms with Gasteiger partial charge in [0.05, 0.1) is 19.8 Å². The standard InChI is InChI=1S/C28H35N5O4/c1-18-26(28(34)33-11-8-21(9-12-33)31-24-10-13-37-16-25(24)36-3)29-17-30-27(18)32-22-6-4-19-5-7-23(35-2)15-20(19)14-22/h4-7,14-15,17,21,24-25,31H,8-13,16H2,1-3H3,(H,29,30,32)/t24-,25+/m1/s1. The molecule has 196 valence electrons. The molecule has 37 heavy (non-hydrogen) atoms. The SMILES string of the molecule is COc1ccc2ccc(Nc3ncnc(C(=O)N4CCC(N[C@@H]5CCOC[C@@H]5OC)CC4)c3C)cc2c1. The minimum atomic E-state index is -0.0505. The molecule has 2 fully saturated rings. The number of benzene rings is 2. The number of likely N-dealkylation sites (tertiary alicyclic amines) is 1. The number of rotatable bonds is 7. The van der Waals surface area contributed by atoms with Crippen LogP contribution >= 0.6 is 0 Å². The number of nitrogens with one attached hydrogen (secondary N) is 2. The lowest BCUT2D eigenvalue weighted by Gasteiger charge is -2.38. The van der Waals surface area contributed by atoms with Gasteiger partial charge in [0.15, 0.2) is 0 Å². The fraction of sp³-hybridized carbons (Fsp3) is 0.464. The van der Waals surface area contributed by atoms with Crippen LogP contribution in [-0.4, -0.2) is 79.5 Å². The van der Waals surface area contributed by atoms with Gasteiger partial charge in [0.2, 0.25) is 0 Å². The highest BCUT2D eigenvalue weighted by Gasteiger charge is 2.31. The average Bonchev–Trinajstić information content (AvgIpc) is 2.94. The number of methoxy groups -OCH3 is 2. The molecule has 5 rings (SSSR count). The summed E-state index contributed by atoms with van der Waals surface area (Å²) in [4.78, 5) is 24.1. The van der Waals surface area contributed by atoms with E-state index in [1.54, 1.807) is 14.2 Å². The summed E-state index contributed by atoms with van der Waals surface area (Å²) in [7, 11) is 3.40. The van der Waals surface area contributed by atoms with E-state index >= 15 is 0 Å². The number of piperidine rings is 1. The molecule has 2 N–H and O–H groups in total. The van der Waals surface area contributed by atoms with Crippen LogP contribution in [0, 0.1) is 6.92 Å². The van der Waals surface area contributed by atoms with Gasteiger partial charge in [0, 0.05) is 50.1 Å². The Balaban J connectivity index is 1.23. The van der Waals surface area contributed by atoms with Crippen molar-refractivity contribution in [1.82, 2.24) is 20.2 Å². The summed E-state index contributed by atoms with van der Waals surface area (Å²) in [6.45, 7) is 4.66. The van der Waals surface area contributed by atoms with Crippen molar-refractivity contribution in [1.29, 1.82) is 0 Å². The maximum Gasteiger partial charge on any atom is 0.272 e. The Morgan fingerprint density at radius 3 is 2.65 bits per heavy atom. The first-order chi connectivity index (χ1) is 18.1. The van der Waals surface area contributed by atoms with E-state index in [0.29, 0.717) is 43.3 Å². The van der Waals surface area contributed by atoms with Crippen molar-refractivity contribution in [2.45, 2.75) is 44.4 Å². The first-order valence-corrected chi connectivity index (χ1v) is 12.9. The van der Waals surface area contributed by atoms with Crippen LogP contribution in [0.4, 0.5) is 11.5 Å². The van der Waals surface area contributed by atoms with Crippen LogP contribution < -0.4 is 15.4 Å². The zero-order valence-corrected chi connectivity index (χ0v) is 21.7. The number of aromatic nitrogens is 2. The molecule has 2 aliphatic heterocycles.